The van der Waals surface area contributed by atoms with E-state index in [1.54, 1.807) is 31.2 Å². The molecule has 4 atom stereocenters. The van der Waals surface area contributed by atoms with Crippen LogP contribution in [0.15, 0.2) is 41.5 Å². The van der Waals surface area contributed by atoms with Gasteiger partial charge in [0.15, 0.2) is 34.3 Å². The zero-order valence-electron chi connectivity index (χ0n) is 16.7. The van der Waals surface area contributed by atoms with Crippen LogP contribution in [0.3, 0.4) is 0 Å². The molecule has 2 aliphatic heterocycles. The lowest BCUT2D eigenvalue weighted by molar-refractivity contribution is -0.171. The van der Waals surface area contributed by atoms with E-state index in [0.29, 0.717) is 23.1 Å². The van der Waals surface area contributed by atoms with E-state index in [4.69, 9.17) is 9.47 Å². The van der Waals surface area contributed by atoms with Crippen molar-refractivity contribution in [3.8, 4) is 11.5 Å². The van der Waals surface area contributed by atoms with Crippen molar-refractivity contribution in [2.24, 2.45) is 11.8 Å². The third-order valence-corrected chi connectivity index (χ3v) is 7.09. The molecule has 0 aromatic heterocycles. The first-order valence-corrected chi connectivity index (χ1v) is 9.97. The van der Waals surface area contributed by atoms with E-state index in [-0.39, 0.29) is 42.0 Å². The second kappa shape index (κ2) is 5.58. The van der Waals surface area contributed by atoms with Crippen LogP contribution >= 0.6 is 0 Å². The molecule has 1 aromatic rings. The smallest absolute Gasteiger partial charge is 0.196 e. The Morgan fingerprint density at radius 2 is 2.07 bits per heavy atom. The number of fused-ring (bicyclic) bond motifs is 1. The van der Waals surface area contributed by atoms with Gasteiger partial charge < -0.3 is 19.7 Å². The van der Waals surface area contributed by atoms with E-state index in [1.165, 1.54) is 6.07 Å². The number of hydrogen-bond acceptors (Lipinski definition) is 6. The zero-order valence-corrected chi connectivity index (χ0v) is 16.7. The summed E-state index contributed by atoms with van der Waals surface area (Å²) in [7, 11) is 0. The number of hydrogen-bond donors (Lipinski definition) is 2. The van der Waals surface area contributed by atoms with Gasteiger partial charge in [-0.15, -0.1) is 0 Å². The predicted octanol–water partition coefficient (Wildman–Crippen LogP) is 2.73. The summed E-state index contributed by atoms with van der Waals surface area (Å²) in [6, 6.07) is 4.72. The summed E-state index contributed by atoms with van der Waals surface area (Å²) in [5, 5.41) is 19.9. The minimum absolute atomic E-state index is 0.100. The van der Waals surface area contributed by atoms with Gasteiger partial charge in [-0.2, -0.15) is 0 Å². The fraction of sp³-hybridized carbons (Fsp3) is 0.478. The Hall–Kier alpha value is -2.44. The van der Waals surface area contributed by atoms with Gasteiger partial charge in [-0.3, -0.25) is 9.59 Å². The Balaban J connectivity index is 1.80. The molecular formula is C23H24O6. The summed E-state index contributed by atoms with van der Waals surface area (Å²) in [5.41, 5.74) is -1.90. The summed E-state index contributed by atoms with van der Waals surface area (Å²) in [4.78, 5) is 27.1. The molecule has 2 heterocycles. The molecule has 1 aromatic carbocycles. The highest BCUT2D eigenvalue weighted by atomic mass is 16.6. The normalized spacial score (nSPS) is 36.4. The van der Waals surface area contributed by atoms with Crippen LogP contribution in [-0.2, 0) is 9.53 Å². The number of rotatable bonds is 3. The molecule has 0 radical (unpaired) electrons. The minimum Gasteiger partial charge on any atom is -0.504 e. The molecule has 4 unspecified atom stereocenters. The molecule has 2 fully saturated rings. The number of ketones is 2. The maximum atomic E-state index is 13.6. The second-order valence-corrected chi connectivity index (χ2v) is 9.11. The van der Waals surface area contributed by atoms with Crippen molar-refractivity contribution in [1.29, 1.82) is 0 Å². The van der Waals surface area contributed by atoms with Crippen molar-refractivity contribution in [2.45, 2.75) is 50.4 Å². The largest absolute Gasteiger partial charge is 0.504 e. The van der Waals surface area contributed by atoms with Crippen LogP contribution in [-0.4, -0.2) is 45.2 Å². The molecule has 4 bridgehead atoms. The van der Waals surface area contributed by atoms with Crippen molar-refractivity contribution >= 4 is 11.6 Å². The first-order chi connectivity index (χ1) is 13.7. The topological polar surface area (TPSA) is 93.1 Å². The van der Waals surface area contributed by atoms with Crippen molar-refractivity contribution in [1.82, 2.24) is 0 Å². The number of benzene rings is 1. The predicted molar refractivity (Wildman–Crippen MR) is 104 cm³/mol. The van der Waals surface area contributed by atoms with E-state index in [1.807, 2.05) is 13.8 Å². The number of carbonyl (C=O) groups excluding carboxylic acids is 2. The molecule has 1 saturated carbocycles. The lowest BCUT2D eigenvalue weighted by Crippen LogP contribution is -2.72. The lowest BCUT2D eigenvalue weighted by Gasteiger charge is -2.56. The van der Waals surface area contributed by atoms with Gasteiger partial charge in [-0.1, -0.05) is 23.8 Å². The fourth-order valence-corrected chi connectivity index (χ4v) is 5.83. The maximum absolute atomic E-state index is 13.6. The van der Waals surface area contributed by atoms with Gasteiger partial charge in [0.2, 0.25) is 0 Å². The fourth-order valence-electron chi connectivity index (χ4n) is 5.83. The van der Waals surface area contributed by atoms with Gasteiger partial charge in [0, 0.05) is 23.8 Å². The number of allylic oxidation sites excluding steroid dienone is 1. The number of phenols is 1. The summed E-state index contributed by atoms with van der Waals surface area (Å²) >= 11 is 0. The molecule has 6 rings (SSSR count). The van der Waals surface area contributed by atoms with Crippen LogP contribution in [0.2, 0.25) is 0 Å². The van der Waals surface area contributed by atoms with E-state index in [2.05, 4.69) is 0 Å². The Kier molecular flexibility index (Phi) is 3.58. The Bertz CT molecular complexity index is 1020. The van der Waals surface area contributed by atoms with Gasteiger partial charge in [0.05, 0.1) is 17.8 Å². The van der Waals surface area contributed by atoms with E-state index in [0.717, 1.165) is 0 Å². The summed E-state index contributed by atoms with van der Waals surface area (Å²) in [6.45, 7) is 5.51. The molecule has 0 amide bonds. The van der Waals surface area contributed by atoms with Crippen molar-refractivity contribution in [3.05, 3.63) is 47.1 Å². The Morgan fingerprint density at radius 3 is 2.79 bits per heavy atom. The van der Waals surface area contributed by atoms with Gasteiger partial charge in [-0.05, 0) is 39.3 Å². The third-order valence-electron chi connectivity index (χ3n) is 7.09. The number of aliphatic hydroxyl groups is 1. The van der Waals surface area contributed by atoms with E-state index < -0.39 is 22.7 Å². The molecule has 1 saturated heterocycles. The van der Waals surface area contributed by atoms with Crippen LogP contribution in [0.4, 0.5) is 0 Å². The van der Waals surface area contributed by atoms with Gasteiger partial charge >= 0.3 is 0 Å². The maximum Gasteiger partial charge on any atom is 0.196 e. The molecule has 2 N–H and O–H groups in total. The lowest BCUT2D eigenvalue weighted by atomic mass is 9.51. The average molecular weight is 396 g/mol. The van der Waals surface area contributed by atoms with E-state index in [9.17, 15) is 19.8 Å². The van der Waals surface area contributed by atoms with Gasteiger partial charge in [0.1, 0.15) is 0 Å². The van der Waals surface area contributed by atoms with Crippen LogP contribution in [0.1, 0.15) is 44.0 Å². The number of aromatic hydroxyl groups is 1. The second-order valence-electron chi connectivity index (χ2n) is 9.11. The van der Waals surface area contributed by atoms with Crippen molar-refractivity contribution in [2.75, 3.05) is 6.61 Å². The highest BCUT2D eigenvalue weighted by molar-refractivity contribution is 6.17. The monoisotopic (exact) mass is 396 g/mol. The average Bonchev–Trinajstić information content (AvgIpc) is 2.85. The highest BCUT2D eigenvalue weighted by Gasteiger charge is 2.81. The molecule has 3 aliphatic carbocycles. The number of ether oxygens (including phenoxy) is 2. The first-order valence-electron chi connectivity index (χ1n) is 9.97. The van der Waals surface area contributed by atoms with E-state index >= 15 is 0 Å². The molecule has 152 valence electrons. The molecule has 5 aliphatic rings. The quantitative estimate of drug-likeness (QED) is 0.763. The number of carbonyl (C=O) groups is 2. The number of Topliss-reactive ketones (excluding diaryl/α,β-unsaturated/α-hetero) is 2. The summed E-state index contributed by atoms with van der Waals surface area (Å²) in [5.74, 6) is -0.972. The molecule has 29 heavy (non-hydrogen) atoms. The Morgan fingerprint density at radius 1 is 1.31 bits per heavy atom. The SMILES string of the molecule is C/C(=C\CC12OC(C)(C)C3CC(C=C4C(=O)c5cccc(O)c5OC431)C2=O)CO. The van der Waals surface area contributed by atoms with Crippen LogP contribution in [0.5, 0.6) is 11.5 Å². The number of para-hydroxylation sites is 1. The third kappa shape index (κ3) is 2.03. The molecule has 1 spiro atoms. The van der Waals surface area contributed by atoms with Gasteiger partial charge in [0.25, 0.3) is 0 Å². The first kappa shape index (κ1) is 18.6. The summed E-state index contributed by atoms with van der Waals surface area (Å²) < 4.78 is 13.0. The van der Waals surface area contributed by atoms with Crippen LogP contribution in [0, 0.1) is 11.8 Å². The number of aliphatic hydroxyl groups excluding tert-OH is 1. The van der Waals surface area contributed by atoms with Gasteiger partial charge in [-0.25, -0.2) is 0 Å². The number of phenolic OH excluding ortho intramolecular Hbond substituents is 1. The highest BCUT2D eigenvalue weighted by Crippen LogP contribution is 2.67. The van der Waals surface area contributed by atoms with Crippen LogP contribution in [0.25, 0.3) is 0 Å². The van der Waals surface area contributed by atoms with Crippen LogP contribution < -0.4 is 4.74 Å². The van der Waals surface area contributed by atoms with Crippen molar-refractivity contribution in [3.63, 3.8) is 0 Å². The molecule has 6 heteroatoms. The van der Waals surface area contributed by atoms with Crippen molar-refractivity contribution < 1.29 is 29.3 Å². The molecular weight excluding hydrogens is 372 g/mol. The molecule has 6 nitrogen and oxygen atoms in total. The standard InChI is InChI=1S/C23H24O6/c1-12(11-24)7-8-22-20(27)13-9-15-18(26)14-5-4-6-16(25)19(14)28-23(15,22)17(10-13)21(2,3)29-22/h4-7,9,13,17,24-25H,8,10-11H2,1-3H3/b12-7+. The minimum atomic E-state index is -1.37. The Labute approximate surface area is 168 Å². The zero-order chi connectivity index (χ0) is 20.8. The summed E-state index contributed by atoms with van der Waals surface area (Å²) in [6.07, 6.45) is 4.27.